The second-order valence-corrected chi connectivity index (χ2v) is 6.69. The van der Waals surface area contributed by atoms with Crippen LogP contribution in [0.4, 0.5) is 14.5 Å². The summed E-state index contributed by atoms with van der Waals surface area (Å²) in [6.45, 7) is 1.34. The molecule has 2 aromatic rings. The fraction of sp³-hybridized carbons (Fsp3) is 0.238. The number of anilines is 1. The Morgan fingerprint density at radius 3 is 2.61 bits per heavy atom. The molecule has 3 N–H and O–H groups in total. The van der Waals surface area contributed by atoms with Crippen LogP contribution in [-0.2, 0) is 16.1 Å². The molecule has 28 heavy (non-hydrogen) atoms. The second-order valence-electron chi connectivity index (χ2n) is 6.69. The van der Waals surface area contributed by atoms with Gasteiger partial charge in [-0.3, -0.25) is 14.5 Å². The van der Waals surface area contributed by atoms with Crippen LogP contribution in [0, 0.1) is 11.6 Å². The van der Waals surface area contributed by atoms with Crippen LogP contribution in [0.3, 0.4) is 0 Å². The maximum atomic E-state index is 13.6. The van der Waals surface area contributed by atoms with Gasteiger partial charge in [0.15, 0.2) is 0 Å². The Morgan fingerprint density at radius 1 is 1.18 bits per heavy atom. The van der Waals surface area contributed by atoms with Gasteiger partial charge in [-0.2, -0.15) is 0 Å². The van der Waals surface area contributed by atoms with Crippen LogP contribution in [0.2, 0.25) is 0 Å². The van der Waals surface area contributed by atoms with Crippen molar-refractivity contribution >= 4 is 23.6 Å². The molecule has 1 fully saturated rings. The average molecular weight is 385 g/mol. The van der Waals surface area contributed by atoms with Crippen molar-refractivity contribution in [3.8, 4) is 0 Å². The van der Waals surface area contributed by atoms with E-state index >= 15 is 0 Å². The van der Waals surface area contributed by atoms with E-state index in [2.05, 4.69) is 5.32 Å². The van der Waals surface area contributed by atoms with Crippen molar-refractivity contribution in [2.24, 2.45) is 5.73 Å². The normalized spacial score (nSPS) is 17.1. The summed E-state index contributed by atoms with van der Waals surface area (Å²) in [5.74, 6) is -2.30. The first kappa shape index (κ1) is 19.7. The zero-order valence-electron chi connectivity index (χ0n) is 15.2. The van der Waals surface area contributed by atoms with Crippen LogP contribution in [0.25, 0.3) is 6.08 Å². The van der Waals surface area contributed by atoms with Crippen molar-refractivity contribution in [1.82, 2.24) is 4.90 Å². The molecule has 5 nitrogen and oxygen atoms in total. The Balaban J connectivity index is 1.65. The minimum absolute atomic E-state index is 0.266. The maximum Gasteiger partial charge on any atom is 0.248 e. The molecule has 0 saturated carbocycles. The Hall–Kier alpha value is -3.06. The summed E-state index contributed by atoms with van der Waals surface area (Å²) in [6, 6.07) is 10.5. The van der Waals surface area contributed by atoms with E-state index < -0.39 is 17.5 Å². The molecule has 2 aromatic carbocycles. The molecule has 146 valence electrons. The van der Waals surface area contributed by atoms with Crippen LogP contribution in [0.5, 0.6) is 0 Å². The van der Waals surface area contributed by atoms with Crippen LogP contribution in [0.1, 0.15) is 24.0 Å². The highest BCUT2D eigenvalue weighted by Crippen LogP contribution is 2.21. The van der Waals surface area contributed by atoms with Gasteiger partial charge in [0.05, 0.1) is 6.04 Å². The van der Waals surface area contributed by atoms with Gasteiger partial charge in [0.2, 0.25) is 11.8 Å². The Labute approximate surface area is 161 Å². The summed E-state index contributed by atoms with van der Waals surface area (Å²) in [5.41, 5.74) is 6.65. The Morgan fingerprint density at radius 2 is 1.89 bits per heavy atom. The number of nitrogens with two attached hydrogens (primary N) is 1. The number of likely N-dealkylation sites (tertiary alicyclic amines) is 1. The van der Waals surface area contributed by atoms with E-state index in [4.69, 9.17) is 5.73 Å². The predicted octanol–water partition coefficient (Wildman–Crippen LogP) is 3.07. The second kappa shape index (κ2) is 8.75. The summed E-state index contributed by atoms with van der Waals surface area (Å²) < 4.78 is 27.2. The number of carbonyl (C=O) groups is 2. The Bertz CT molecular complexity index is 894. The lowest BCUT2D eigenvalue weighted by Crippen LogP contribution is -2.39. The molecule has 1 saturated heterocycles. The first-order valence-corrected chi connectivity index (χ1v) is 8.99. The fourth-order valence-electron chi connectivity index (χ4n) is 3.33. The molecule has 7 heteroatoms. The van der Waals surface area contributed by atoms with Crippen molar-refractivity contribution in [3.63, 3.8) is 0 Å². The van der Waals surface area contributed by atoms with Crippen molar-refractivity contribution in [3.05, 3.63) is 71.3 Å². The highest BCUT2D eigenvalue weighted by Gasteiger charge is 2.28. The lowest BCUT2D eigenvalue weighted by atomic mass is 10.1. The summed E-state index contributed by atoms with van der Waals surface area (Å²) >= 11 is 0. The van der Waals surface area contributed by atoms with Gasteiger partial charge in [0.1, 0.15) is 11.6 Å². The zero-order valence-corrected chi connectivity index (χ0v) is 15.2. The molecule has 1 heterocycles. The molecule has 3 rings (SSSR count). The summed E-state index contributed by atoms with van der Waals surface area (Å²) in [4.78, 5) is 25.6. The number of benzene rings is 2. The van der Waals surface area contributed by atoms with Gasteiger partial charge >= 0.3 is 0 Å². The van der Waals surface area contributed by atoms with E-state index in [1.54, 1.807) is 18.2 Å². The molecule has 1 aliphatic rings. The minimum Gasteiger partial charge on any atom is -0.368 e. The molecule has 0 spiro atoms. The molecule has 0 radical (unpaired) electrons. The summed E-state index contributed by atoms with van der Waals surface area (Å²) in [5, 5.41) is 2.67. The Kier molecular flexibility index (Phi) is 6.16. The minimum atomic E-state index is -0.735. The van der Waals surface area contributed by atoms with Gasteiger partial charge in [-0.25, -0.2) is 8.78 Å². The standard InChI is InChI=1S/C21H21F2N3O2/c22-17-6-2-7-18(23)16(17)9-10-20(27)25-15-5-1-4-14(12-15)13-26-11-3-8-19(26)21(24)28/h1-2,4-7,9-10,12,19H,3,8,11,13H2,(H2,24,28)(H,25,27). The van der Waals surface area contributed by atoms with Gasteiger partial charge < -0.3 is 11.1 Å². The van der Waals surface area contributed by atoms with Gasteiger partial charge in [-0.05, 0) is 55.3 Å². The SMILES string of the molecule is NC(=O)C1CCCN1Cc1cccc(NC(=O)C=Cc2c(F)cccc2F)c1. The van der Waals surface area contributed by atoms with Crippen LogP contribution in [0.15, 0.2) is 48.5 Å². The van der Waals surface area contributed by atoms with E-state index in [0.717, 1.165) is 49.2 Å². The number of amides is 2. The zero-order chi connectivity index (χ0) is 20.1. The number of hydrogen-bond acceptors (Lipinski definition) is 3. The van der Waals surface area contributed by atoms with Crippen LogP contribution < -0.4 is 11.1 Å². The third-order valence-corrected chi connectivity index (χ3v) is 4.67. The smallest absolute Gasteiger partial charge is 0.248 e. The van der Waals surface area contributed by atoms with Crippen molar-refractivity contribution < 1.29 is 18.4 Å². The summed E-state index contributed by atoms with van der Waals surface area (Å²) in [7, 11) is 0. The monoisotopic (exact) mass is 385 g/mol. The van der Waals surface area contributed by atoms with Gasteiger partial charge in [-0.1, -0.05) is 18.2 Å². The number of halogens is 2. The molecule has 2 amide bonds. The third kappa shape index (κ3) is 4.80. The number of hydrogen-bond donors (Lipinski definition) is 2. The van der Waals surface area contributed by atoms with Crippen LogP contribution in [-0.4, -0.2) is 29.3 Å². The van der Waals surface area contributed by atoms with Crippen LogP contribution >= 0.6 is 0 Å². The molecular weight excluding hydrogens is 364 g/mol. The predicted molar refractivity (Wildman–Crippen MR) is 103 cm³/mol. The lowest BCUT2D eigenvalue weighted by molar-refractivity contribution is -0.122. The third-order valence-electron chi connectivity index (χ3n) is 4.67. The fourth-order valence-corrected chi connectivity index (χ4v) is 3.33. The maximum absolute atomic E-state index is 13.6. The largest absolute Gasteiger partial charge is 0.368 e. The van der Waals surface area contributed by atoms with Gasteiger partial charge in [-0.15, -0.1) is 0 Å². The van der Waals surface area contributed by atoms with E-state index in [1.165, 1.54) is 6.07 Å². The number of carbonyl (C=O) groups excluding carboxylic acids is 2. The van der Waals surface area contributed by atoms with E-state index in [9.17, 15) is 18.4 Å². The van der Waals surface area contributed by atoms with Gasteiger partial charge in [0.25, 0.3) is 0 Å². The molecule has 1 unspecified atom stereocenters. The van der Waals surface area contributed by atoms with E-state index in [-0.39, 0.29) is 17.5 Å². The number of nitrogens with one attached hydrogen (secondary N) is 1. The highest BCUT2D eigenvalue weighted by molar-refractivity contribution is 6.02. The molecule has 1 atom stereocenters. The first-order chi connectivity index (χ1) is 13.4. The highest BCUT2D eigenvalue weighted by atomic mass is 19.1. The van der Waals surface area contributed by atoms with Crippen molar-refractivity contribution in [2.45, 2.75) is 25.4 Å². The topological polar surface area (TPSA) is 75.4 Å². The molecular formula is C21H21F2N3O2. The molecule has 0 bridgehead atoms. The van der Waals surface area contributed by atoms with Crippen molar-refractivity contribution in [2.75, 3.05) is 11.9 Å². The van der Waals surface area contributed by atoms with Gasteiger partial charge in [0, 0.05) is 23.9 Å². The first-order valence-electron chi connectivity index (χ1n) is 8.99. The number of rotatable bonds is 6. The number of primary amides is 1. The molecule has 0 aliphatic carbocycles. The molecule has 0 aromatic heterocycles. The van der Waals surface area contributed by atoms with E-state index in [0.29, 0.717) is 12.2 Å². The quantitative estimate of drug-likeness (QED) is 0.751. The summed E-state index contributed by atoms with van der Waals surface area (Å²) in [6.07, 6.45) is 3.86. The number of nitrogens with zero attached hydrogens (tertiary/aromatic N) is 1. The van der Waals surface area contributed by atoms with Crippen molar-refractivity contribution in [1.29, 1.82) is 0 Å². The van der Waals surface area contributed by atoms with E-state index in [1.807, 2.05) is 11.0 Å². The lowest BCUT2D eigenvalue weighted by Gasteiger charge is -2.22. The molecule has 1 aliphatic heterocycles. The average Bonchev–Trinajstić information content (AvgIpc) is 3.10.